The number of hydrogen-bond acceptors (Lipinski definition) is 6. The van der Waals surface area contributed by atoms with Crippen LogP contribution in [0.4, 0.5) is 0 Å². The maximum Gasteiger partial charge on any atom is 0.161 e. The van der Waals surface area contributed by atoms with Gasteiger partial charge in [-0.2, -0.15) is 0 Å². The predicted octanol–water partition coefficient (Wildman–Crippen LogP) is 5.11. The van der Waals surface area contributed by atoms with Crippen LogP contribution < -0.4 is 14.2 Å². The number of alkyl halides is 1. The second kappa shape index (κ2) is 13.4. The Hall–Kier alpha value is -1.77. The van der Waals surface area contributed by atoms with Crippen molar-refractivity contribution in [2.45, 2.75) is 0 Å². The molecule has 9 heteroatoms. The molecule has 2 aromatic rings. The van der Waals surface area contributed by atoms with Gasteiger partial charge in [0.25, 0.3) is 0 Å². The van der Waals surface area contributed by atoms with Crippen molar-refractivity contribution in [3.8, 4) is 23.0 Å². The lowest BCUT2D eigenvalue weighted by atomic mass is 10.2. The van der Waals surface area contributed by atoms with Gasteiger partial charge >= 0.3 is 0 Å². The van der Waals surface area contributed by atoms with E-state index in [1.54, 1.807) is 25.3 Å². The second-order valence-electron chi connectivity index (χ2n) is 4.51. The van der Waals surface area contributed by atoms with Crippen molar-refractivity contribution < 1.29 is 28.9 Å². The average Bonchev–Trinajstić information content (AvgIpc) is 2.70. The maximum atomic E-state index is 10.6. The topological polar surface area (TPSA) is 82.1 Å². The van der Waals surface area contributed by atoms with Crippen molar-refractivity contribution in [3.63, 3.8) is 0 Å². The lowest BCUT2D eigenvalue weighted by Crippen LogP contribution is -1.93. The zero-order valence-corrected chi connectivity index (χ0v) is 19.0. The van der Waals surface area contributed by atoms with Gasteiger partial charge < -0.3 is 19.3 Å². The van der Waals surface area contributed by atoms with E-state index >= 15 is 0 Å². The van der Waals surface area contributed by atoms with Crippen molar-refractivity contribution in [2.75, 3.05) is 27.7 Å². The van der Waals surface area contributed by atoms with Crippen molar-refractivity contribution >= 4 is 56.0 Å². The molecule has 0 radical (unpaired) electrons. The Morgan fingerprint density at radius 3 is 1.56 bits per heavy atom. The fraction of sp³-hybridized carbons (Fsp3) is 0.222. The highest BCUT2D eigenvalue weighted by Gasteiger charge is 2.08. The Labute approximate surface area is 179 Å². The first kappa shape index (κ1) is 25.2. The van der Waals surface area contributed by atoms with Crippen LogP contribution in [0.25, 0.3) is 0 Å². The van der Waals surface area contributed by atoms with Gasteiger partial charge in [0.05, 0.1) is 21.3 Å². The number of hydrogen-bond donors (Lipinski definition) is 1. The normalized spacial score (nSPS) is 9.00. The molecule has 0 aromatic heterocycles. The summed E-state index contributed by atoms with van der Waals surface area (Å²) in [5.74, 6) is 1.45. The van der Waals surface area contributed by atoms with Gasteiger partial charge in [0.2, 0.25) is 0 Å². The molecule has 2 aromatic carbocycles. The molecule has 0 fully saturated rings. The predicted molar refractivity (Wildman–Crippen MR) is 112 cm³/mol. The molecular weight excluding hydrogens is 507 g/mol. The summed E-state index contributed by atoms with van der Waals surface area (Å²) in [5, 5.41) is 9.24. The molecule has 0 atom stereocenters. The number of halogens is 3. The van der Waals surface area contributed by atoms with Crippen LogP contribution >= 0.6 is 43.5 Å². The molecule has 0 saturated carbocycles. The summed E-state index contributed by atoms with van der Waals surface area (Å²) < 4.78 is 16.2. The Morgan fingerprint density at radius 2 is 1.15 bits per heavy atom. The van der Waals surface area contributed by atoms with E-state index in [0.717, 1.165) is 6.29 Å². The van der Waals surface area contributed by atoms with Crippen LogP contribution in [0, 0.1) is 0 Å². The van der Waals surface area contributed by atoms with E-state index in [0.29, 0.717) is 43.6 Å². The Morgan fingerprint density at radius 1 is 0.778 bits per heavy atom. The molecule has 0 unspecified atom stereocenters. The van der Waals surface area contributed by atoms with Gasteiger partial charge in [-0.3, -0.25) is 9.59 Å². The molecule has 0 aliphatic heterocycles. The van der Waals surface area contributed by atoms with E-state index in [1.165, 1.54) is 26.7 Å². The number of phenolic OH excluding ortho intramolecular Hbond substituents is 1. The second-order valence-corrected chi connectivity index (χ2v) is 6.22. The number of benzene rings is 2. The van der Waals surface area contributed by atoms with Crippen LogP contribution in [0.15, 0.2) is 33.2 Å². The van der Waals surface area contributed by atoms with Crippen LogP contribution in [-0.4, -0.2) is 45.4 Å². The van der Waals surface area contributed by atoms with Crippen LogP contribution in [0.3, 0.4) is 0 Å². The fourth-order valence-corrected chi connectivity index (χ4v) is 2.61. The van der Waals surface area contributed by atoms with E-state index in [4.69, 9.17) is 14.2 Å². The van der Waals surface area contributed by atoms with Crippen LogP contribution in [-0.2, 0) is 0 Å². The van der Waals surface area contributed by atoms with Crippen molar-refractivity contribution in [1.82, 2.24) is 0 Å². The summed E-state index contributed by atoms with van der Waals surface area (Å²) in [6.07, 6.45) is 2.88. The summed E-state index contributed by atoms with van der Waals surface area (Å²) >= 11 is 11.0. The highest BCUT2D eigenvalue weighted by molar-refractivity contribution is 9.10. The third kappa shape index (κ3) is 7.40. The number of ether oxygens (including phenoxy) is 3. The fourth-order valence-electron chi connectivity index (χ4n) is 1.77. The first-order chi connectivity index (χ1) is 12.9. The van der Waals surface area contributed by atoms with Gasteiger partial charge in [-0.05, 0) is 56.1 Å². The van der Waals surface area contributed by atoms with E-state index in [2.05, 4.69) is 43.5 Å². The number of aldehydes is 2. The SMILES string of the molecule is CCl.COc1cc(Br)c(C=O)cc1O.COc1cc(Br)c(C=O)cc1OC. The molecule has 27 heavy (non-hydrogen) atoms. The molecular formula is C18H19Br2ClO6. The first-order valence-electron chi connectivity index (χ1n) is 7.17. The summed E-state index contributed by atoms with van der Waals surface area (Å²) in [5.41, 5.74) is 0.936. The number of carbonyl (C=O) groups is 2. The number of rotatable bonds is 5. The standard InChI is InChI=1S/C9H9BrO3.C8H7BrO3.CH3Cl/c1-12-8-3-6(5-11)7(10)4-9(8)13-2;1-12-8-3-6(9)5(4-10)2-7(8)11;1-2/h3-5H,1-2H3;2-4,11H,1H3;1H3. The molecule has 0 heterocycles. The highest BCUT2D eigenvalue weighted by atomic mass is 79.9. The molecule has 0 bridgehead atoms. The van der Waals surface area contributed by atoms with Crippen LogP contribution in [0.1, 0.15) is 20.7 Å². The number of phenols is 1. The molecule has 148 valence electrons. The summed E-state index contributed by atoms with van der Waals surface area (Å²) in [4.78, 5) is 21.0. The quantitative estimate of drug-likeness (QED) is 0.431. The highest BCUT2D eigenvalue weighted by Crippen LogP contribution is 2.32. The average molecular weight is 527 g/mol. The Kier molecular flexibility index (Phi) is 12.5. The van der Waals surface area contributed by atoms with Crippen LogP contribution in [0.5, 0.6) is 23.0 Å². The lowest BCUT2D eigenvalue weighted by molar-refractivity contribution is 0.111. The smallest absolute Gasteiger partial charge is 0.161 e. The van der Waals surface area contributed by atoms with Crippen molar-refractivity contribution in [1.29, 1.82) is 0 Å². The van der Waals surface area contributed by atoms with Gasteiger partial charge in [0, 0.05) is 26.5 Å². The number of carbonyl (C=O) groups excluding carboxylic acids is 2. The van der Waals surface area contributed by atoms with Gasteiger partial charge in [0.15, 0.2) is 35.6 Å². The molecule has 2 rings (SSSR count). The van der Waals surface area contributed by atoms with E-state index in [1.807, 2.05) is 0 Å². The molecule has 0 aliphatic carbocycles. The van der Waals surface area contributed by atoms with E-state index in [9.17, 15) is 14.7 Å². The molecule has 0 saturated heterocycles. The van der Waals surface area contributed by atoms with Gasteiger partial charge in [0.1, 0.15) is 0 Å². The third-order valence-electron chi connectivity index (χ3n) is 3.05. The Balaban J connectivity index is 0.000000460. The number of aromatic hydroxyl groups is 1. The third-order valence-corrected chi connectivity index (χ3v) is 4.43. The lowest BCUT2D eigenvalue weighted by Gasteiger charge is -2.08. The molecule has 0 amide bonds. The Bertz CT molecular complexity index is 768. The van der Waals surface area contributed by atoms with E-state index < -0.39 is 0 Å². The molecule has 1 N–H and O–H groups in total. The minimum absolute atomic E-state index is 0.0391. The van der Waals surface area contributed by atoms with Gasteiger partial charge in [-0.15, -0.1) is 11.6 Å². The van der Waals surface area contributed by atoms with Crippen LogP contribution in [0.2, 0.25) is 0 Å². The molecule has 0 spiro atoms. The van der Waals surface area contributed by atoms with Gasteiger partial charge in [-0.25, -0.2) is 0 Å². The summed E-state index contributed by atoms with van der Waals surface area (Å²) in [6.45, 7) is 0. The van der Waals surface area contributed by atoms with Crippen molar-refractivity contribution in [3.05, 3.63) is 44.3 Å². The number of methoxy groups -OCH3 is 3. The molecule has 6 nitrogen and oxygen atoms in total. The first-order valence-corrected chi connectivity index (χ1v) is 9.52. The zero-order valence-electron chi connectivity index (χ0n) is 15.1. The largest absolute Gasteiger partial charge is 0.504 e. The minimum atomic E-state index is -0.0391. The summed E-state index contributed by atoms with van der Waals surface area (Å²) in [7, 11) is 4.52. The monoisotopic (exact) mass is 524 g/mol. The molecule has 0 aliphatic rings. The van der Waals surface area contributed by atoms with E-state index in [-0.39, 0.29) is 5.75 Å². The minimum Gasteiger partial charge on any atom is -0.504 e. The van der Waals surface area contributed by atoms with Crippen molar-refractivity contribution in [2.24, 2.45) is 0 Å². The zero-order chi connectivity index (χ0) is 21.0. The maximum absolute atomic E-state index is 10.6. The van der Waals surface area contributed by atoms with Gasteiger partial charge in [-0.1, -0.05) is 0 Å². The summed E-state index contributed by atoms with van der Waals surface area (Å²) in [6, 6.07) is 6.20.